The van der Waals surface area contributed by atoms with Crippen LogP contribution in [-0.2, 0) is 32.5 Å². The number of ether oxygens (including phenoxy) is 1. The molecule has 0 saturated heterocycles. The lowest BCUT2D eigenvalue weighted by Gasteiger charge is -2.20. The second kappa shape index (κ2) is 12.9. The van der Waals surface area contributed by atoms with Crippen LogP contribution in [0, 0.1) is 0 Å². The van der Waals surface area contributed by atoms with Gasteiger partial charge in [-0.25, -0.2) is 8.42 Å². The Kier molecular flexibility index (Phi) is 11.3. The molecule has 0 N–H and O–H groups in total. The average molecular weight is 398 g/mol. The molecule has 0 amide bonds. The maximum Gasteiger partial charge on any atom is 0.305 e. The molecule has 0 unspecified atom stereocenters. The van der Waals surface area contributed by atoms with Crippen molar-refractivity contribution in [3.63, 3.8) is 0 Å². The summed E-state index contributed by atoms with van der Waals surface area (Å²) in [6.45, 7) is 5.32. The highest BCUT2D eigenvalue weighted by atomic mass is 32.2. The van der Waals surface area contributed by atoms with Gasteiger partial charge in [0.2, 0.25) is 10.0 Å². The van der Waals surface area contributed by atoms with Crippen LogP contribution in [-0.4, -0.2) is 38.1 Å². The van der Waals surface area contributed by atoms with E-state index < -0.39 is 10.0 Å². The summed E-state index contributed by atoms with van der Waals surface area (Å²) in [4.78, 5) is 11.3. The van der Waals surface area contributed by atoms with Crippen molar-refractivity contribution >= 4 is 16.0 Å². The smallest absolute Gasteiger partial charge is 0.305 e. The van der Waals surface area contributed by atoms with Crippen LogP contribution in [0.3, 0.4) is 0 Å². The van der Waals surface area contributed by atoms with Gasteiger partial charge in [-0.3, -0.25) is 4.79 Å². The van der Waals surface area contributed by atoms with E-state index in [-0.39, 0.29) is 5.97 Å². The molecule has 0 saturated carbocycles. The molecule has 6 heteroatoms. The van der Waals surface area contributed by atoms with Crippen molar-refractivity contribution < 1.29 is 17.9 Å². The van der Waals surface area contributed by atoms with Crippen molar-refractivity contribution in [2.24, 2.45) is 0 Å². The zero-order valence-corrected chi connectivity index (χ0v) is 17.9. The number of carbonyl (C=O) groups excluding carboxylic acids is 1. The van der Waals surface area contributed by atoms with Crippen LogP contribution >= 0.6 is 0 Å². The van der Waals surface area contributed by atoms with Gasteiger partial charge >= 0.3 is 5.97 Å². The highest BCUT2D eigenvalue weighted by Crippen LogP contribution is 2.14. The van der Waals surface area contributed by atoms with Gasteiger partial charge in [0, 0.05) is 19.5 Å². The first-order chi connectivity index (χ1) is 12.9. The monoisotopic (exact) mass is 397 g/mol. The average Bonchev–Trinajstić information content (AvgIpc) is 2.62. The first-order valence-electron chi connectivity index (χ1n) is 10.0. The number of nitrogens with zero attached hydrogens (tertiary/aromatic N) is 1. The summed E-state index contributed by atoms with van der Waals surface area (Å²) in [6, 6.07) is 8.26. The molecule has 27 heavy (non-hydrogen) atoms. The molecule has 0 aliphatic carbocycles. The van der Waals surface area contributed by atoms with E-state index in [0.29, 0.717) is 26.1 Å². The van der Waals surface area contributed by atoms with Crippen molar-refractivity contribution in [3.05, 3.63) is 35.4 Å². The van der Waals surface area contributed by atoms with Gasteiger partial charge in [0.15, 0.2) is 0 Å². The molecule has 0 spiro atoms. The quantitative estimate of drug-likeness (QED) is 0.347. The normalized spacial score (nSPS) is 11.7. The minimum absolute atomic E-state index is 0.155. The molecule has 1 rings (SSSR count). The number of hydrogen-bond donors (Lipinski definition) is 0. The molecule has 1 aromatic rings. The van der Waals surface area contributed by atoms with Crippen LogP contribution in [0.5, 0.6) is 0 Å². The number of aryl methyl sites for hydroxylation is 1. The van der Waals surface area contributed by atoms with E-state index >= 15 is 0 Å². The molecular weight excluding hydrogens is 362 g/mol. The maximum absolute atomic E-state index is 12.1. The molecule has 0 aromatic heterocycles. The van der Waals surface area contributed by atoms with E-state index in [9.17, 15) is 13.2 Å². The summed E-state index contributed by atoms with van der Waals surface area (Å²) in [5.41, 5.74) is 2.32. The van der Waals surface area contributed by atoms with Gasteiger partial charge in [-0.05, 0) is 43.7 Å². The second-order valence-electron chi connectivity index (χ2n) is 6.99. The molecule has 0 fully saturated rings. The summed E-state index contributed by atoms with van der Waals surface area (Å²) in [5, 5.41) is 0. The topological polar surface area (TPSA) is 63.7 Å². The second-order valence-corrected chi connectivity index (χ2v) is 8.97. The maximum atomic E-state index is 12.1. The Bertz CT molecular complexity index is 641. The van der Waals surface area contributed by atoms with Crippen LogP contribution in [0.1, 0.15) is 69.9 Å². The molecule has 5 nitrogen and oxygen atoms in total. The fourth-order valence-corrected chi connectivity index (χ4v) is 3.75. The summed E-state index contributed by atoms with van der Waals surface area (Å²) in [7, 11) is -3.24. The minimum atomic E-state index is -3.24. The van der Waals surface area contributed by atoms with Crippen LogP contribution in [0.15, 0.2) is 24.3 Å². The van der Waals surface area contributed by atoms with Crippen LogP contribution < -0.4 is 0 Å². The van der Waals surface area contributed by atoms with Gasteiger partial charge in [-0.1, -0.05) is 50.5 Å². The number of rotatable bonds is 14. The SMILES string of the molecule is CCCCc1ccc(CN(CCCCCCC(=O)OCC)S(C)(=O)=O)cc1. The predicted octanol–water partition coefficient (Wildman–Crippen LogP) is 4.30. The van der Waals surface area contributed by atoms with Crippen molar-refractivity contribution in [2.75, 3.05) is 19.4 Å². The Hall–Kier alpha value is -1.40. The van der Waals surface area contributed by atoms with Crippen molar-refractivity contribution in [2.45, 2.75) is 71.8 Å². The van der Waals surface area contributed by atoms with E-state index in [1.54, 1.807) is 11.2 Å². The van der Waals surface area contributed by atoms with Gasteiger partial charge in [0.05, 0.1) is 12.9 Å². The Labute approximate surface area is 165 Å². The van der Waals surface area contributed by atoms with Crippen molar-refractivity contribution in [1.29, 1.82) is 0 Å². The summed E-state index contributed by atoms with van der Waals surface area (Å²) < 4.78 is 30.6. The minimum Gasteiger partial charge on any atom is -0.466 e. The largest absolute Gasteiger partial charge is 0.466 e. The van der Waals surface area contributed by atoms with Gasteiger partial charge in [0.25, 0.3) is 0 Å². The number of sulfonamides is 1. The Morgan fingerprint density at radius 1 is 0.963 bits per heavy atom. The molecular formula is C21H35NO4S. The van der Waals surface area contributed by atoms with Crippen LogP contribution in [0.25, 0.3) is 0 Å². The summed E-state index contributed by atoms with van der Waals surface area (Å²) >= 11 is 0. The number of benzene rings is 1. The third-order valence-corrected chi connectivity index (χ3v) is 5.76. The zero-order valence-electron chi connectivity index (χ0n) is 17.1. The van der Waals surface area contributed by atoms with Gasteiger partial charge in [-0.15, -0.1) is 0 Å². The number of esters is 1. The molecule has 0 atom stereocenters. The van der Waals surface area contributed by atoms with E-state index in [1.165, 1.54) is 24.7 Å². The predicted molar refractivity (Wildman–Crippen MR) is 110 cm³/mol. The van der Waals surface area contributed by atoms with Gasteiger partial charge in [-0.2, -0.15) is 4.31 Å². The Morgan fingerprint density at radius 3 is 2.19 bits per heavy atom. The van der Waals surface area contributed by atoms with E-state index in [4.69, 9.17) is 4.74 Å². The van der Waals surface area contributed by atoms with E-state index in [1.807, 2.05) is 12.1 Å². The van der Waals surface area contributed by atoms with Crippen LogP contribution in [0.4, 0.5) is 0 Å². The highest BCUT2D eigenvalue weighted by molar-refractivity contribution is 7.88. The van der Waals surface area contributed by atoms with Gasteiger partial charge in [0.1, 0.15) is 0 Å². The molecule has 154 valence electrons. The molecule has 0 aliphatic heterocycles. The Morgan fingerprint density at radius 2 is 1.59 bits per heavy atom. The fourth-order valence-electron chi connectivity index (χ4n) is 2.90. The molecule has 0 radical (unpaired) electrons. The fraction of sp³-hybridized carbons (Fsp3) is 0.667. The molecule has 1 aromatic carbocycles. The number of carbonyl (C=O) groups is 1. The van der Waals surface area contributed by atoms with Crippen LogP contribution in [0.2, 0.25) is 0 Å². The third kappa shape index (κ3) is 10.5. The Balaban J connectivity index is 2.42. The highest BCUT2D eigenvalue weighted by Gasteiger charge is 2.16. The lowest BCUT2D eigenvalue weighted by molar-refractivity contribution is -0.143. The van der Waals surface area contributed by atoms with E-state index in [0.717, 1.165) is 37.7 Å². The molecule has 0 aliphatic rings. The molecule has 0 bridgehead atoms. The van der Waals surface area contributed by atoms with Crippen molar-refractivity contribution in [1.82, 2.24) is 4.31 Å². The lowest BCUT2D eigenvalue weighted by atomic mass is 10.1. The van der Waals surface area contributed by atoms with E-state index in [2.05, 4.69) is 19.1 Å². The standard InChI is InChI=1S/C21H35NO4S/c1-4-6-11-19-13-15-20(16-14-19)18-22(27(3,24)25)17-10-8-7-9-12-21(23)26-5-2/h13-16H,4-12,17-18H2,1-3H3. The first-order valence-corrected chi connectivity index (χ1v) is 11.9. The first kappa shape index (κ1) is 23.6. The van der Waals surface area contributed by atoms with Crippen molar-refractivity contribution in [3.8, 4) is 0 Å². The van der Waals surface area contributed by atoms with Gasteiger partial charge < -0.3 is 4.74 Å². The zero-order chi connectivity index (χ0) is 20.1. The summed E-state index contributed by atoms with van der Waals surface area (Å²) in [6.07, 6.45) is 8.51. The number of hydrogen-bond acceptors (Lipinski definition) is 4. The number of unbranched alkanes of at least 4 members (excludes halogenated alkanes) is 4. The lowest BCUT2D eigenvalue weighted by Crippen LogP contribution is -2.30. The summed E-state index contributed by atoms with van der Waals surface area (Å²) in [5.74, 6) is -0.155. The third-order valence-electron chi connectivity index (χ3n) is 4.51. The molecule has 0 heterocycles.